The van der Waals surface area contributed by atoms with Crippen LogP contribution in [0.25, 0.3) is 0 Å². The minimum Gasteiger partial charge on any atom is -0.385 e. The molecule has 1 aromatic carbocycles. The zero-order chi connectivity index (χ0) is 12.0. The van der Waals surface area contributed by atoms with Crippen LogP contribution in [0.1, 0.15) is 24.8 Å². The Morgan fingerprint density at radius 3 is 2.44 bits per heavy atom. The third-order valence-corrected chi connectivity index (χ3v) is 3.26. The second-order valence-corrected chi connectivity index (χ2v) is 4.38. The Morgan fingerprint density at radius 2 is 1.94 bits per heavy atom. The van der Waals surface area contributed by atoms with Crippen LogP contribution >= 0.6 is 11.6 Å². The maximum Gasteiger partial charge on any atom is 0.123 e. The van der Waals surface area contributed by atoms with Gasteiger partial charge in [-0.05, 0) is 30.0 Å². The Kier molecular flexibility index (Phi) is 5.78. The van der Waals surface area contributed by atoms with Crippen molar-refractivity contribution in [3.05, 3.63) is 35.6 Å². The summed E-state index contributed by atoms with van der Waals surface area (Å²) in [5.74, 6) is 1.04. The molecule has 16 heavy (non-hydrogen) atoms. The van der Waals surface area contributed by atoms with Crippen molar-refractivity contribution in [3.63, 3.8) is 0 Å². The Morgan fingerprint density at radius 1 is 1.31 bits per heavy atom. The highest BCUT2D eigenvalue weighted by atomic mass is 35.5. The molecule has 0 aliphatic heterocycles. The molecule has 0 heterocycles. The first-order valence-corrected chi connectivity index (χ1v) is 6.02. The Balaban J connectivity index is 2.69. The van der Waals surface area contributed by atoms with Gasteiger partial charge in [0.05, 0.1) is 0 Å². The number of halogens is 2. The lowest BCUT2D eigenvalue weighted by atomic mass is 9.87. The standard InChI is InChI=1S/C13H18ClFO/c1-10(7-8-16-2)13(9-14)11-3-5-12(15)6-4-11/h3-6,10,13H,7-9H2,1-2H3. The number of hydrogen-bond acceptors (Lipinski definition) is 1. The third-order valence-electron chi connectivity index (χ3n) is 2.93. The molecule has 0 aliphatic rings. The van der Waals surface area contributed by atoms with Crippen molar-refractivity contribution in [2.45, 2.75) is 19.3 Å². The van der Waals surface area contributed by atoms with Gasteiger partial charge in [-0.1, -0.05) is 19.1 Å². The summed E-state index contributed by atoms with van der Waals surface area (Å²) in [6.07, 6.45) is 0.964. The zero-order valence-electron chi connectivity index (χ0n) is 9.75. The molecule has 0 aliphatic carbocycles. The van der Waals surface area contributed by atoms with Crippen molar-refractivity contribution >= 4 is 11.6 Å². The average Bonchev–Trinajstić information content (AvgIpc) is 2.30. The maximum atomic E-state index is 12.8. The van der Waals surface area contributed by atoms with Gasteiger partial charge in [0.1, 0.15) is 5.82 Å². The molecule has 0 saturated carbocycles. The Labute approximate surface area is 102 Å². The van der Waals surface area contributed by atoms with Gasteiger partial charge in [-0.15, -0.1) is 11.6 Å². The highest BCUT2D eigenvalue weighted by Gasteiger charge is 2.18. The lowest BCUT2D eigenvalue weighted by molar-refractivity contribution is 0.176. The summed E-state index contributed by atoms with van der Waals surface area (Å²) >= 11 is 5.98. The summed E-state index contributed by atoms with van der Waals surface area (Å²) in [6, 6.07) is 6.59. The van der Waals surface area contributed by atoms with E-state index in [1.807, 2.05) is 12.1 Å². The van der Waals surface area contributed by atoms with Crippen LogP contribution < -0.4 is 0 Å². The van der Waals surface area contributed by atoms with E-state index in [1.165, 1.54) is 12.1 Å². The van der Waals surface area contributed by atoms with E-state index in [4.69, 9.17) is 16.3 Å². The van der Waals surface area contributed by atoms with Crippen molar-refractivity contribution in [2.24, 2.45) is 5.92 Å². The number of rotatable bonds is 6. The van der Waals surface area contributed by atoms with Crippen LogP contribution in [0.3, 0.4) is 0 Å². The second-order valence-electron chi connectivity index (χ2n) is 4.07. The number of hydrogen-bond donors (Lipinski definition) is 0. The molecule has 0 amide bonds. The van der Waals surface area contributed by atoms with Crippen LogP contribution in [0.5, 0.6) is 0 Å². The SMILES string of the molecule is COCCC(C)C(CCl)c1ccc(F)cc1. The van der Waals surface area contributed by atoms with Gasteiger partial charge >= 0.3 is 0 Å². The van der Waals surface area contributed by atoms with E-state index < -0.39 is 0 Å². The maximum absolute atomic E-state index is 12.8. The van der Waals surface area contributed by atoms with Gasteiger partial charge in [-0.2, -0.15) is 0 Å². The quantitative estimate of drug-likeness (QED) is 0.692. The minimum absolute atomic E-state index is 0.207. The molecule has 0 radical (unpaired) electrons. The van der Waals surface area contributed by atoms with Gasteiger partial charge in [0.25, 0.3) is 0 Å². The average molecular weight is 245 g/mol. The van der Waals surface area contributed by atoms with Crippen LogP contribution in [-0.2, 0) is 4.74 Å². The van der Waals surface area contributed by atoms with Crippen molar-refractivity contribution in [2.75, 3.05) is 19.6 Å². The first kappa shape index (κ1) is 13.5. The number of ether oxygens (including phenoxy) is 1. The summed E-state index contributed by atoms with van der Waals surface area (Å²) in [6.45, 7) is 2.88. The van der Waals surface area contributed by atoms with Crippen LogP contribution in [0.15, 0.2) is 24.3 Å². The fraction of sp³-hybridized carbons (Fsp3) is 0.538. The van der Waals surface area contributed by atoms with Gasteiger partial charge < -0.3 is 4.74 Å². The molecule has 0 N–H and O–H groups in total. The fourth-order valence-corrected chi connectivity index (χ4v) is 2.27. The molecule has 0 spiro atoms. The van der Waals surface area contributed by atoms with Crippen molar-refractivity contribution in [3.8, 4) is 0 Å². The van der Waals surface area contributed by atoms with Crippen LogP contribution in [0.4, 0.5) is 4.39 Å². The molecule has 2 atom stereocenters. The molecule has 1 aromatic rings. The molecular weight excluding hydrogens is 227 g/mol. The van der Waals surface area contributed by atoms with Crippen LogP contribution in [0.2, 0.25) is 0 Å². The van der Waals surface area contributed by atoms with E-state index in [1.54, 1.807) is 7.11 Å². The molecule has 0 aromatic heterocycles. The van der Waals surface area contributed by atoms with Gasteiger partial charge in [0.2, 0.25) is 0 Å². The summed E-state index contributed by atoms with van der Waals surface area (Å²) in [7, 11) is 1.69. The smallest absolute Gasteiger partial charge is 0.123 e. The van der Waals surface area contributed by atoms with E-state index in [0.29, 0.717) is 11.8 Å². The summed E-state index contributed by atoms with van der Waals surface area (Å²) in [5, 5.41) is 0. The molecule has 0 saturated heterocycles. The highest BCUT2D eigenvalue weighted by Crippen LogP contribution is 2.28. The highest BCUT2D eigenvalue weighted by molar-refractivity contribution is 6.18. The molecule has 90 valence electrons. The van der Waals surface area contributed by atoms with Crippen molar-refractivity contribution in [1.29, 1.82) is 0 Å². The van der Waals surface area contributed by atoms with Crippen LogP contribution in [0, 0.1) is 11.7 Å². The monoisotopic (exact) mass is 244 g/mol. The number of methoxy groups -OCH3 is 1. The summed E-state index contributed by atoms with van der Waals surface area (Å²) in [4.78, 5) is 0. The predicted molar refractivity (Wildman–Crippen MR) is 65.5 cm³/mol. The van der Waals surface area contributed by atoms with E-state index in [0.717, 1.165) is 18.6 Å². The normalized spacial score (nSPS) is 14.8. The van der Waals surface area contributed by atoms with E-state index in [2.05, 4.69) is 6.92 Å². The van der Waals surface area contributed by atoms with Gasteiger partial charge in [-0.3, -0.25) is 0 Å². The number of alkyl halides is 1. The third kappa shape index (κ3) is 3.76. The minimum atomic E-state index is -0.207. The zero-order valence-corrected chi connectivity index (χ0v) is 10.5. The summed E-state index contributed by atoms with van der Waals surface area (Å²) in [5.41, 5.74) is 1.10. The van der Waals surface area contributed by atoms with Crippen molar-refractivity contribution < 1.29 is 9.13 Å². The van der Waals surface area contributed by atoms with E-state index >= 15 is 0 Å². The predicted octanol–water partition coefficient (Wildman–Crippen LogP) is 3.82. The van der Waals surface area contributed by atoms with Gasteiger partial charge in [0.15, 0.2) is 0 Å². The molecule has 3 heteroatoms. The number of benzene rings is 1. The molecule has 1 rings (SSSR count). The van der Waals surface area contributed by atoms with E-state index in [-0.39, 0.29) is 11.7 Å². The van der Waals surface area contributed by atoms with Gasteiger partial charge in [0, 0.05) is 25.5 Å². The second kappa shape index (κ2) is 6.87. The first-order chi connectivity index (χ1) is 7.69. The largest absolute Gasteiger partial charge is 0.385 e. The van der Waals surface area contributed by atoms with Crippen LogP contribution in [-0.4, -0.2) is 19.6 Å². The molecule has 1 nitrogen and oxygen atoms in total. The topological polar surface area (TPSA) is 9.23 Å². The molecule has 0 fully saturated rings. The van der Waals surface area contributed by atoms with Crippen molar-refractivity contribution in [1.82, 2.24) is 0 Å². The first-order valence-electron chi connectivity index (χ1n) is 5.49. The molecular formula is C13H18ClFO. The fourth-order valence-electron chi connectivity index (χ4n) is 1.78. The van der Waals surface area contributed by atoms with E-state index in [9.17, 15) is 4.39 Å². The summed E-state index contributed by atoms with van der Waals surface area (Å²) < 4.78 is 17.9. The lowest BCUT2D eigenvalue weighted by Gasteiger charge is -2.22. The molecule has 2 unspecified atom stereocenters. The Hall–Kier alpha value is -0.600. The molecule has 0 bridgehead atoms. The van der Waals surface area contributed by atoms with Gasteiger partial charge in [-0.25, -0.2) is 4.39 Å². The Bertz CT molecular complexity index is 299. The lowest BCUT2D eigenvalue weighted by Crippen LogP contribution is -2.13.